The minimum atomic E-state index is -0.522. The Morgan fingerprint density at radius 2 is 1.93 bits per heavy atom. The van der Waals surface area contributed by atoms with Gasteiger partial charge in [0.1, 0.15) is 6.10 Å². The molecule has 1 aromatic rings. The first-order valence-electron chi connectivity index (χ1n) is 5.11. The predicted octanol–water partition coefficient (Wildman–Crippen LogP) is 1.25. The highest BCUT2D eigenvalue weighted by molar-refractivity contribution is 5.14. The lowest BCUT2D eigenvalue weighted by molar-refractivity contribution is -0.00523. The molecule has 0 aliphatic heterocycles. The maximum Gasteiger partial charge on any atom is 0.101 e. The van der Waals surface area contributed by atoms with Gasteiger partial charge in [-0.2, -0.15) is 0 Å². The van der Waals surface area contributed by atoms with Crippen LogP contribution in [0.4, 0.5) is 0 Å². The average molecular weight is 210 g/mol. The molecule has 1 N–H and O–H groups in total. The Balaban J connectivity index is 2.07. The number of aliphatic hydroxyl groups is 1. The van der Waals surface area contributed by atoms with E-state index in [1.807, 2.05) is 18.2 Å². The monoisotopic (exact) mass is 210 g/mol. The van der Waals surface area contributed by atoms with Gasteiger partial charge in [0.15, 0.2) is 0 Å². The van der Waals surface area contributed by atoms with Crippen molar-refractivity contribution < 1.29 is 14.6 Å². The lowest BCUT2D eigenvalue weighted by Crippen LogP contribution is -2.21. The maximum absolute atomic E-state index is 9.30. The minimum Gasteiger partial charge on any atom is -0.388 e. The average Bonchev–Trinajstić information content (AvgIpc) is 2.26. The van der Waals surface area contributed by atoms with Gasteiger partial charge in [0.2, 0.25) is 0 Å². The van der Waals surface area contributed by atoms with Crippen molar-refractivity contribution in [2.75, 3.05) is 26.9 Å². The number of benzene rings is 1. The lowest BCUT2D eigenvalue weighted by atomic mass is 10.2. The number of hydrogen-bond donors (Lipinski definition) is 1. The summed E-state index contributed by atoms with van der Waals surface area (Å²) in [6, 6.07) is 10.1. The third-order valence-electron chi connectivity index (χ3n) is 2.05. The Hall–Kier alpha value is -0.900. The quantitative estimate of drug-likeness (QED) is 0.688. The molecule has 1 atom stereocenters. The van der Waals surface area contributed by atoms with Gasteiger partial charge < -0.3 is 14.6 Å². The standard InChI is InChI=1S/C12H18O3/c1-14-9-12(13)10-15-8-7-11-5-3-2-4-6-11/h2-6,12-13H,7-10H2,1H3. The van der Waals surface area contributed by atoms with E-state index in [1.165, 1.54) is 5.56 Å². The number of methoxy groups -OCH3 is 1. The summed E-state index contributed by atoms with van der Waals surface area (Å²) in [4.78, 5) is 0. The van der Waals surface area contributed by atoms with E-state index in [9.17, 15) is 5.11 Å². The molecule has 1 rings (SSSR count). The van der Waals surface area contributed by atoms with Crippen LogP contribution in [0.25, 0.3) is 0 Å². The molecule has 84 valence electrons. The molecule has 0 fully saturated rings. The van der Waals surface area contributed by atoms with Gasteiger partial charge in [-0.3, -0.25) is 0 Å². The summed E-state index contributed by atoms with van der Waals surface area (Å²) < 4.78 is 10.1. The normalized spacial score (nSPS) is 12.7. The maximum atomic E-state index is 9.30. The van der Waals surface area contributed by atoms with Crippen molar-refractivity contribution >= 4 is 0 Å². The van der Waals surface area contributed by atoms with Crippen LogP contribution in [0, 0.1) is 0 Å². The van der Waals surface area contributed by atoms with Gasteiger partial charge in [0, 0.05) is 7.11 Å². The third kappa shape index (κ3) is 5.52. The number of ether oxygens (including phenoxy) is 2. The molecule has 15 heavy (non-hydrogen) atoms. The van der Waals surface area contributed by atoms with Crippen molar-refractivity contribution in [2.45, 2.75) is 12.5 Å². The Kier molecular flexibility index (Phi) is 6.00. The summed E-state index contributed by atoms with van der Waals surface area (Å²) in [5.41, 5.74) is 1.25. The second-order valence-corrected chi connectivity index (χ2v) is 3.42. The summed E-state index contributed by atoms with van der Waals surface area (Å²) in [5, 5.41) is 9.30. The van der Waals surface area contributed by atoms with Gasteiger partial charge in [-0.1, -0.05) is 30.3 Å². The molecular formula is C12H18O3. The van der Waals surface area contributed by atoms with Crippen molar-refractivity contribution in [3.8, 4) is 0 Å². The van der Waals surface area contributed by atoms with E-state index < -0.39 is 6.10 Å². The van der Waals surface area contributed by atoms with Crippen molar-refractivity contribution in [3.63, 3.8) is 0 Å². The van der Waals surface area contributed by atoms with Crippen LogP contribution in [0.5, 0.6) is 0 Å². The van der Waals surface area contributed by atoms with Crippen molar-refractivity contribution in [1.29, 1.82) is 0 Å². The molecule has 3 heteroatoms. The highest BCUT2D eigenvalue weighted by Crippen LogP contribution is 1.99. The number of aliphatic hydroxyl groups excluding tert-OH is 1. The number of hydrogen-bond acceptors (Lipinski definition) is 3. The largest absolute Gasteiger partial charge is 0.388 e. The first-order chi connectivity index (χ1) is 7.33. The molecule has 3 nitrogen and oxygen atoms in total. The van der Waals surface area contributed by atoms with E-state index in [2.05, 4.69) is 12.1 Å². The molecular weight excluding hydrogens is 192 g/mol. The molecule has 0 amide bonds. The van der Waals surface area contributed by atoms with Crippen LogP contribution in [0.3, 0.4) is 0 Å². The second-order valence-electron chi connectivity index (χ2n) is 3.42. The van der Waals surface area contributed by atoms with Crippen molar-refractivity contribution in [1.82, 2.24) is 0 Å². The summed E-state index contributed by atoms with van der Waals surface area (Å²) in [5.74, 6) is 0. The van der Waals surface area contributed by atoms with Gasteiger partial charge in [0.25, 0.3) is 0 Å². The molecule has 0 radical (unpaired) electrons. The lowest BCUT2D eigenvalue weighted by Gasteiger charge is -2.09. The summed E-state index contributed by atoms with van der Waals surface area (Å²) in [6.07, 6.45) is 0.353. The molecule has 0 bridgehead atoms. The Labute approximate surface area is 90.6 Å². The smallest absolute Gasteiger partial charge is 0.101 e. The molecule has 0 saturated carbocycles. The van der Waals surface area contributed by atoms with Crippen LogP contribution in [-0.2, 0) is 15.9 Å². The Bertz CT molecular complexity index is 248. The first kappa shape index (κ1) is 12.2. The first-order valence-corrected chi connectivity index (χ1v) is 5.11. The van der Waals surface area contributed by atoms with Crippen LogP contribution in [-0.4, -0.2) is 38.1 Å². The molecule has 0 aliphatic rings. The van der Waals surface area contributed by atoms with E-state index >= 15 is 0 Å². The zero-order valence-corrected chi connectivity index (χ0v) is 9.06. The van der Waals surface area contributed by atoms with Crippen molar-refractivity contribution in [2.24, 2.45) is 0 Å². The molecule has 1 aromatic carbocycles. The van der Waals surface area contributed by atoms with Crippen LogP contribution < -0.4 is 0 Å². The van der Waals surface area contributed by atoms with Gasteiger partial charge >= 0.3 is 0 Å². The molecule has 0 saturated heterocycles. The van der Waals surface area contributed by atoms with Gasteiger partial charge in [-0.05, 0) is 12.0 Å². The fourth-order valence-corrected chi connectivity index (χ4v) is 1.29. The van der Waals surface area contributed by atoms with E-state index in [4.69, 9.17) is 9.47 Å². The van der Waals surface area contributed by atoms with Gasteiger partial charge in [0.05, 0.1) is 19.8 Å². The fourth-order valence-electron chi connectivity index (χ4n) is 1.29. The van der Waals surface area contributed by atoms with Crippen LogP contribution in [0.1, 0.15) is 5.56 Å². The molecule has 0 heterocycles. The fraction of sp³-hybridized carbons (Fsp3) is 0.500. The minimum absolute atomic E-state index is 0.325. The van der Waals surface area contributed by atoms with Gasteiger partial charge in [-0.25, -0.2) is 0 Å². The van der Waals surface area contributed by atoms with Crippen LogP contribution >= 0.6 is 0 Å². The molecule has 0 spiro atoms. The topological polar surface area (TPSA) is 38.7 Å². The van der Waals surface area contributed by atoms with Crippen molar-refractivity contribution in [3.05, 3.63) is 35.9 Å². The summed E-state index contributed by atoms with van der Waals surface area (Å²) >= 11 is 0. The predicted molar refractivity (Wildman–Crippen MR) is 58.8 cm³/mol. The number of rotatable bonds is 7. The summed E-state index contributed by atoms with van der Waals surface area (Å²) in [6.45, 7) is 1.29. The van der Waals surface area contributed by atoms with E-state index in [0.29, 0.717) is 19.8 Å². The van der Waals surface area contributed by atoms with E-state index in [0.717, 1.165) is 6.42 Å². The zero-order chi connectivity index (χ0) is 10.9. The summed E-state index contributed by atoms with van der Waals surface area (Å²) in [7, 11) is 1.56. The SMILES string of the molecule is COCC(O)COCCc1ccccc1. The van der Waals surface area contributed by atoms with E-state index in [-0.39, 0.29) is 0 Å². The third-order valence-corrected chi connectivity index (χ3v) is 2.05. The Morgan fingerprint density at radius 1 is 1.20 bits per heavy atom. The molecule has 1 unspecified atom stereocenters. The zero-order valence-electron chi connectivity index (χ0n) is 9.06. The van der Waals surface area contributed by atoms with Gasteiger partial charge in [-0.15, -0.1) is 0 Å². The molecule has 0 aliphatic carbocycles. The second kappa shape index (κ2) is 7.40. The highest BCUT2D eigenvalue weighted by atomic mass is 16.5. The highest BCUT2D eigenvalue weighted by Gasteiger charge is 2.02. The molecule has 0 aromatic heterocycles. The van der Waals surface area contributed by atoms with Crippen LogP contribution in [0.2, 0.25) is 0 Å². The van der Waals surface area contributed by atoms with Crippen LogP contribution in [0.15, 0.2) is 30.3 Å². The van der Waals surface area contributed by atoms with E-state index in [1.54, 1.807) is 7.11 Å². The Morgan fingerprint density at radius 3 is 2.60 bits per heavy atom.